The van der Waals surface area contributed by atoms with Crippen molar-refractivity contribution in [3.63, 3.8) is 0 Å². The molecule has 0 aromatic carbocycles. The van der Waals surface area contributed by atoms with Gasteiger partial charge in [0.2, 0.25) is 0 Å². The van der Waals surface area contributed by atoms with Crippen molar-refractivity contribution in [3.05, 3.63) is 0 Å². The summed E-state index contributed by atoms with van der Waals surface area (Å²) in [5.74, 6) is 1.81. The normalized spacial score (nSPS) is 28.2. The molecule has 15 heavy (non-hydrogen) atoms. The highest BCUT2D eigenvalue weighted by Gasteiger charge is 2.22. The Kier molecular flexibility index (Phi) is 3.92. The number of thioether (sulfide) groups is 1. The van der Waals surface area contributed by atoms with E-state index in [1.165, 1.54) is 32.4 Å². The Morgan fingerprint density at radius 1 is 1.33 bits per heavy atom. The van der Waals surface area contributed by atoms with Gasteiger partial charge < -0.3 is 0 Å². The van der Waals surface area contributed by atoms with Crippen molar-refractivity contribution in [1.29, 1.82) is 0 Å². The van der Waals surface area contributed by atoms with Crippen LogP contribution < -0.4 is 5.43 Å². The van der Waals surface area contributed by atoms with Crippen LogP contribution in [0.15, 0.2) is 4.99 Å². The van der Waals surface area contributed by atoms with Crippen molar-refractivity contribution < 1.29 is 0 Å². The largest absolute Gasteiger partial charge is 0.298 e. The van der Waals surface area contributed by atoms with Crippen LogP contribution in [0, 0.1) is 5.92 Å². The summed E-state index contributed by atoms with van der Waals surface area (Å²) in [6, 6.07) is 0.516. The molecule has 2 heterocycles. The molecule has 0 bridgehead atoms. The zero-order chi connectivity index (χ0) is 10.7. The maximum atomic E-state index is 4.71. The van der Waals surface area contributed by atoms with Crippen molar-refractivity contribution in [2.45, 2.75) is 39.2 Å². The Hall–Kier alpha value is -0.220. The highest BCUT2D eigenvalue weighted by molar-refractivity contribution is 8.14. The van der Waals surface area contributed by atoms with E-state index in [4.69, 9.17) is 4.99 Å². The molecule has 3 nitrogen and oxygen atoms in total. The number of amidine groups is 1. The molecule has 0 aromatic heterocycles. The van der Waals surface area contributed by atoms with E-state index >= 15 is 0 Å². The van der Waals surface area contributed by atoms with E-state index < -0.39 is 0 Å². The highest BCUT2D eigenvalue weighted by atomic mass is 32.2. The molecule has 1 saturated heterocycles. The van der Waals surface area contributed by atoms with Crippen LogP contribution in [-0.4, -0.2) is 35.1 Å². The molecule has 0 aliphatic carbocycles. The van der Waals surface area contributed by atoms with Crippen LogP contribution >= 0.6 is 11.8 Å². The molecule has 1 atom stereocenters. The third kappa shape index (κ3) is 3.11. The average Bonchev–Trinajstić information content (AvgIpc) is 2.68. The second-order valence-electron chi connectivity index (χ2n) is 4.72. The maximum Gasteiger partial charge on any atom is 0.171 e. The topological polar surface area (TPSA) is 27.6 Å². The van der Waals surface area contributed by atoms with Crippen LogP contribution in [-0.2, 0) is 0 Å². The molecule has 4 heteroatoms. The summed E-state index contributed by atoms with van der Waals surface area (Å²) in [6.07, 6.45) is 4.02. The van der Waals surface area contributed by atoms with E-state index in [1.54, 1.807) is 0 Å². The zero-order valence-electron chi connectivity index (χ0n) is 9.70. The lowest BCUT2D eigenvalue weighted by Crippen LogP contribution is -2.43. The first-order valence-corrected chi connectivity index (χ1v) is 6.96. The van der Waals surface area contributed by atoms with Crippen LogP contribution in [0.1, 0.15) is 33.1 Å². The quantitative estimate of drug-likeness (QED) is 0.783. The number of nitrogens with one attached hydrogen (secondary N) is 1. The second-order valence-corrected chi connectivity index (χ2v) is 5.72. The Bertz CT molecular complexity index is 234. The van der Waals surface area contributed by atoms with Gasteiger partial charge in [-0.2, -0.15) is 0 Å². The fourth-order valence-corrected chi connectivity index (χ4v) is 3.12. The van der Waals surface area contributed by atoms with Gasteiger partial charge in [-0.1, -0.05) is 32.0 Å². The van der Waals surface area contributed by atoms with Gasteiger partial charge in [0.25, 0.3) is 0 Å². The number of hydrogen-bond donors (Lipinski definition) is 1. The first-order chi connectivity index (χ1) is 7.25. The van der Waals surface area contributed by atoms with E-state index in [0.29, 0.717) is 12.0 Å². The van der Waals surface area contributed by atoms with Gasteiger partial charge >= 0.3 is 0 Å². The Balaban J connectivity index is 1.81. The molecule has 2 rings (SSSR count). The fraction of sp³-hybridized carbons (Fsp3) is 0.909. The molecule has 0 amide bonds. The molecule has 0 saturated carbocycles. The first kappa shape index (κ1) is 11.3. The SMILES string of the molecule is CC(C)[C@H]1CSC(NN2CCCCC2)=N1. The van der Waals surface area contributed by atoms with Gasteiger partial charge in [0.05, 0.1) is 6.04 Å². The number of nitrogens with zero attached hydrogens (tertiary/aromatic N) is 2. The number of piperidine rings is 1. The molecule has 2 aliphatic heterocycles. The molecule has 86 valence electrons. The van der Waals surface area contributed by atoms with Crippen molar-refractivity contribution in [2.75, 3.05) is 18.8 Å². The first-order valence-electron chi connectivity index (χ1n) is 5.98. The van der Waals surface area contributed by atoms with Crippen molar-refractivity contribution in [3.8, 4) is 0 Å². The van der Waals surface area contributed by atoms with Crippen LogP contribution in [0.4, 0.5) is 0 Å². The second kappa shape index (κ2) is 5.21. The lowest BCUT2D eigenvalue weighted by molar-refractivity contribution is 0.196. The highest BCUT2D eigenvalue weighted by Crippen LogP contribution is 2.22. The van der Waals surface area contributed by atoms with E-state index in [9.17, 15) is 0 Å². The van der Waals surface area contributed by atoms with Crippen molar-refractivity contribution in [2.24, 2.45) is 10.9 Å². The molecule has 0 unspecified atom stereocenters. The van der Waals surface area contributed by atoms with Crippen molar-refractivity contribution >= 4 is 16.9 Å². The summed E-state index contributed by atoms with van der Waals surface area (Å²) >= 11 is 1.87. The average molecular weight is 227 g/mol. The van der Waals surface area contributed by atoms with Crippen molar-refractivity contribution in [1.82, 2.24) is 10.4 Å². The third-order valence-corrected chi connectivity index (χ3v) is 4.03. The summed E-state index contributed by atoms with van der Waals surface area (Å²) < 4.78 is 0. The molecule has 1 fully saturated rings. The minimum atomic E-state index is 0.516. The van der Waals surface area contributed by atoms with E-state index in [-0.39, 0.29) is 0 Å². The molecular weight excluding hydrogens is 206 g/mol. The van der Waals surface area contributed by atoms with E-state index in [1.807, 2.05) is 11.8 Å². The monoisotopic (exact) mass is 227 g/mol. The molecule has 0 aromatic rings. The molecular formula is C11H21N3S. The van der Waals surface area contributed by atoms with E-state index in [0.717, 1.165) is 10.9 Å². The zero-order valence-corrected chi connectivity index (χ0v) is 10.5. The van der Waals surface area contributed by atoms with Crippen LogP contribution in [0.2, 0.25) is 0 Å². The third-order valence-electron chi connectivity index (χ3n) is 3.05. The Morgan fingerprint density at radius 2 is 2.07 bits per heavy atom. The lowest BCUT2D eigenvalue weighted by atomic mass is 10.1. The number of aliphatic imine (C=N–C) groups is 1. The molecule has 0 spiro atoms. The number of hydrazine groups is 1. The minimum absolute atomic E-state index is 0.516. The van der Waals surface area contributed by atoms with Gasteiger partial charge in [-0.25, -0.2) is 5.01 Å². The van der Waals surface area contributed by atoms with Gasteiger partial charge in [0.1, 0.15) is 0 Å². The molecule has 2 aliphatic rings. The summed E-state index contributed by atoms with van der Waals surface area (Å²) in [5.41, 5.74) is 3.45. The van der Waals surface area contributed by atoms with Gasteiger partial charge in [0, 0.05) is 18.8 Å². The number of rotatable bonds is 2. The smallest absolute Gasteiger partial charge is 0.171 e. The predicted octanol–water partition coefficient (Wildman–Crippen LogP) is 2.10. The Morgan fingerprint density at radius 3 is 2.67 bits per heavy atom. The summed E-state index contributed by atoms with van der Waals surface area (Å²) in [7, 11) is 0. The van der Waals surface area contributed by atoms with E-state index in [2.05, 4.69) is 24.3 Å². The fourth-order valence-electron chi connectivity index (χ4n) is 1.93. The maximum absolute atomic E-state index is 4.71. The summed E-state index contributed by atoms with van der Waals surface area (Å²) in [6.45, 7) is 6.84. The summed E-state index contributed by atoms with van der Waals surface area (Å²) in [4.78, 5) is 4.71. The van der Waals surface area contributed by atoms with Gasteiger partial charge in [-0.15, -0.1) is 0 Å². The molecule has 1 N–H and O–H groups in total. The van der Waals surface area contributed by atoms with Crippen LogP contribution in [0.5, 0.6) is 0 Å². The minimum Gasteiger partial charge on any atom is -0.298 e. The van der Waals surface area contributed by atoms with Crippen LogP contribution in [0.3, 0.4) is 0 Å². The van der Waals surface area contributed by atoms with Gasteiger partial charge in [-0.3, -0.25) is 10.4 Å². The standard InChI is InChI=1S/C11H21N3S/c1-9(2)10-8-15-11(12-10)13-14-6-4-3-5-7-14/h9-10H,3-8H2,1-2H3,(H,12,13)/t10-/m1/s1. The Labute approximate surface area is 96.7 Å². The van der Waals surface area contributed by atoms with Gasteiger partial charge in [-0.05, 0) is 18.8 Å². The lowest BCUT2D eigenvalue weighted by Gasteiger charge is -2.27. The van der Waals surface area contributed by atoms with Crippen LogP contribution in [0.25, 0.3) is 0 Å². The summed E-state index contributed by atoms with van der Waals surface area (Å²) in [5, 5.41) is 3.45. The van der Waals surface area contributed by atoms with Gasteiger partial charge in [0.15, 0.2) is 5.17 Å². The number of hydrogen-bond acceptors (Lipinski definition) is 4. The molecule has 0 radical (unpaired) electrons. The predicted molar refractivity (Wildman–Crippen MR) is 67.1 cm³/mol.